The van der Waals surface area contributed by atoms with Gasteiger partial charge in [0.1, 0.15) is 6.61 Å². The van der Waals surface area contributed by atoms with Gasteiger partial charge in [0.15, 0.2) is 0 Å². The number of hydrogen-bond donors (Lipinski definition) is 0. The van der Waals surface area contributed by atoms with Crippen LogP contribution in [-0.4, -0.2) is 56.9 Å². The number of amides is 1. The average Bonchev–Trinajstić information content (AvgIpc) is 2.33. The van der Waals surface area contributed by atoms with E-state index < -0.39 is 10.1 Å². The van der Waals surface area contributed by atoms with Crippen molar-refractivity contribution < 1.29 is 22.1 Å². The van der Waals surface area contributed by atoms with E-state index >= 15 is 0 Å². The molecular formula is C14H27NO5S. The number of carbonyl (C=O) groups excluding carboxylic acids is 1. The molecule has 0 aromatic heterocycles. The lowest BCUT2D eigenvalue weighted by atomic mass is 9.92. The van der Waals surface area contributed by atoms with Crippen LogP contribution in [0.1, 0.15) is 46.5 Å². The van der Waals surface area contributed by atoms with Crippen LogP contribution >= 0.6 is 0 Å². The summed E-state index contributed by atoms with van der Waals surface area (Å²) in [7, 11) is -1.63. The lowest BCUT2D eigenvalue weighted by Gasteiger charge is -2.34. The van der Waals surface area contributed by atoms with E-state index in [1.165, 1.54) is 0 Å². The molecule has 1 aliphatic carbocycles. The van der Waals surface area contributed by atoms with Crippen LogP contribution in [0, 0.1) is 0 Å². The van der Waals surface area contributed by atoms with Crippen molar-refractivity contribution >= 4 is 16.0 Å². The Kier molecular flexibility index (Phi) is 6.19. The standard InChI is InChI=1S/C14H27NO5S/c1-14(2,3)19-10-13(16)15(4)11-6-8-12(9-7-11)20-21(5,17)18/h11-12H,6-10H2,1-5H3. The molecule has 7 heteroatoms. The van der Waals surface area contributed by atoms with Crippen molar-refractivity contribution in [2.45, 2.75) is 64.2 Å². The highest BCUT2D eigenvalue weighted by atomic mass is 32.2. The van der Waals surface area contributed by atoms with Gasteiger partial charge in [-0.3, -0.25) is 8.98 Å². The average molecular weight is 321 g/mol. The maximum Gasteiger partial charge on any atom is 0.264 e. The fourth-order valence-corrected chi connectivity index (χ4v) is 3.05. The minimum atomic E-state index is -3.40. The molecule has 1 saturated carbocycles. The van der Waals surface area contributed by atoms with Crippen LogP contribution in [0.3, 0.4) is 0 Å². The van der Waals surface area contributed by atoms with Crippen LogP contribution in [0.2, 0.25) is 0 Å². The van der Waals surface area contributed by atoms with Gasteiger partial charge in [-0.1, -0.05) is 0 Å². The van der Waals surface area contributed by atoms with Crippen LogP contribution < -0.4 is 0 Å². The molecule has 1 amide bonds. The minimum Gasteiger partial charge on any atom is -0.366 e. The molecule has 0 spiro atoms. The van der Waals surface area contributed by atoms with E-state index in [2.05, 4.69) is 0 Å². The van der Waals surface area contributed by atoms with Crippen LogP contribution in [0.15, 0.2) is 0 Å². The van der Waals surface area contributed by atoms with E-state index in [1.54, 1.807) is 11.9 Å². The first-order valence-electron chi connectivity index (χ1n) is 7.26. The molecular weight excluding hydrogens is 294 g/mol. The zero-order valence-electron chi connectivity index (χ0n) is 13.6. The van der Waals surface area contributed by atoms with Crippen LogP contribution in [0.25, 0.3) is 0 Å². The number of ether oxygens (including phenoxy) is 1. The van der Waals surface area contributed by atoms with Gasteiger partial charge in [-0.05, 0) is 46.5 Å². The number of rotatable bonds is 5. The van der Waals surface area contributed by atoms with E-state index in [0.29, 0.717) is 12.8 Å². The molecule has 0 atom stereocenters. The number of hydrogen-bond acceptors (Lipinski definition) is 5. The SMILES string of the molecule is CN(C(=O)COC(C)(C)C)C1CCC(OS(C)(=O)=O)CC1. The van der Waals surface area contributed by atoms with Gasteiger partial charge in [0.05, 0.1) is 18.0 Å². The summed E-state index contributed by atoms with van der Waals surface area (Å²) in [6.07, 6.45) is 3.60. The van der Waals surface area contributed by atoms with Gasteiger partial charge in [0, 0.05) is 13.1 Å². The molecule has 6 nitrogen and oxygen atoms in total. The molecule has 0 saturated heterocycles. The topological polar surface area (TPSA) is 72.9 Å². The molecule has 124 valence electrons. The normalized spacial score (nSPS) is 23.9. The molecule has 1 fully saturated rings. The lowest BCUT2D eigenvalue weighted by molar-refractivity contribution is -0.142. The zero-order valence-corrected chi connectivity index (χ0v) is 14.4. The quantitative estimate of drug-likeness (QED) is 0.718. The lowest BCUT2D eigenvalue weighted by Crippen LogP contribution is -2.43. The first-order valence-corrected chi connectivity index (χ1v) is 9.07. The van der Waals surface area contributed by atoms with Crippen LogP contribution in [-0.2, 0) is 23.8 Å². The molecule has 0 unspecified atom stereocenters. The Bertz CT molecular complexity index is 446. The van der Waals surface area contributed by atoms with Gasteiger partial charge in [-0.25, -0.2) is 0 Å². The Morgan fingerprint density at radius 3 is 2.14 bits per heavy atom. The van der Waals surface area contributed by atoms with Crippen molar-refractivity contribution in [2.24, 2.45) is 0 Å². The van der Waals surface area contributed by atoms with Crippen LogP contribution in [0.5, 0.6) is 0 Å². The summed E-state index contributed by atoms with van der Waals surface area (Å²) in [5.74, 6) is -0.0441. The molecule has 0 aliphatic heterocycles. The van der Waals surface area contributed by atoms with Crippen molar-refractivity contribution in [2.75, 3.05) is 19.9 Å². The van der Waals surface area contributed by atoms with Crippen molar-refractivity contribution in [3.8, 4) is 0 Å². The maximum atomic E-state index is 12.1. The summed E-state index contributed by atoms with van der Waals surface area (Å²) in [6.45, 7) is 5.80. The second-order valence-corrected chi connectivity index (χ2v) is 8.24. The summed E-state index contributed by atoms with van der Waals surface area (Å²) < 4.78 is 32.7. The summed E-state index contributed by atoms with van der Waals surface area (Å²) in [5.41, 5.74) is -0.336. The van der Waals surface area contributed by atoms with E-state index in [1.807, 2.05) is 20.8 Å². The summed E-state index contributed by atoms with van der Waals surface area (Å²) in [4.78, 5) is 13.8. The van der Waals surface area contributed by atoms with Crippen molar-refractivity contribution in [3.63, 3.8) is 0 Å². The van der Waals surface area contributed by atoms with Gasteiger partial charge in [0.2, 0.25) is 5.91 Å². The van der Waals surface area contributed by atoms with Gasteiger partial charge in [0.25, 0.3) is 10.1 Å². The van der Waals surface area contributed by atoms with Gasteiger partial charge in [-0.2, -0.15) is 8.42 Å². The van der Waals surface area contributed by atoms with E-state index in [-0.39, 0.29) is 30.3 Å². The predicted octanol–water partition coefficient (Wildman–Crippen LogP) is 1.55. The monoisotopic (exact) mass is 321 g/mol. The highest BCUT2D eigenvalue weighted by molar-refractivity contribution is 7.86. The molecule has 0 bridgehead atoms. The van der Waals surface area contributed by atoms with E-state index in [9.17, 15) is 13.2 Å². The molecule has 21 heavy (non-hydrogen) atoms. The maximum absolute atomic E-state index is 12.1. The minimum absolute atomic E-state index is 0.0441. The fourth-order valence-electron chi connectivity index (χ4n) is 2.36. The third kappa shape index (κ3) is 7.24. The molecule has 1 aliphatic rings. The Balaban J connectivity index is 2.41. The third-order valence-electron chi connectivity index (χ3n) is 3.52. The van der Waals surface area contributed by atoms with Gasteiger partial charge in [-0.15, -0.1) is 0 Å². The second kappa shape index (κ2) is 7.07. The largest absolute Gasteiger partial charge is 0.366 e. The Labute approximate surface area is 127 Å². The van der Waals surface area contributed by atoms with Crippen molar-refractivity contribution in [3.05, 3.63) is 0 Å². The molecule has 1 rings (SSSR count). The predicted molar refractivity (Wildman–Crippen MR) is 80.4 cm³/mol. The van der Waals surface area contributed by atoms with E-state index in [4.69, 9.17) is 8.92 Å². The zero-order chi connectivity index (χ0) is 16.3. The van der Waals surface area contributed by atoms with E-state index in [0.717, 1.165) is 19.1 Å². The third-order valence-corrected chi connectivity index (χ3v) is 4.15. The van der Waals surface area contributed by atoms with Crippen LogP contribution in [0.4, 0.5) is 0 Å². The molecule has 0 radical (unpaired) electrons. The first-order chi connectivity index (χ1) is 9.48. The molecule has 0 heterocycles. The van der Waals surface area contributed by atoms with Gasteiger partial charge < -0.3 is 9.64 Å². The fraction of sp³-hybridized carbons (Fsp3) is 0.929. The highest BCUT2D eigenvalue weighted by Gasteiger charge is 2.29. The Morgan fingerprint density at radius 1 is 1.19 bits per heavy atom. The number of carbonyl (C=O) groups is 1. The Hall–Kier alpha value is -0.660. The molecule has 0 aromatic carbocycles. The summed E-state index contributed by atoms with van der Waals surface area (Å²) >= 11 is 0. The summed E-state index contributed by atoms with van der Waals surface area (Å²) in [5, 5.41) is 0. The molecule has 0 aromatic rings. The highest BCUT2D eigenvalue weighted by Crippen LogP contribution is 2.25. The Morgan fingerprint density at radius 2 is 1.71 bits per heavy atom. The number of nitrogens with zero attached hydrogens (tertiary/aromatic N) is 1. The summed E-state index contributed by atoms with van der Waals surface area (Å²) in [6, 6.07) is 0.125. The number of likely N-dealkylation sites (N-methyl/N-ethyl adjacent to an activating group) is 1. The first kappa shape index (κ1) is 18.4. The van der Waals surface area contributed by atoms with Crippen molar-refractivity contribution in [1.29, 1.82) is 0 Å². The smallest absolute Gasteiger partial charge is 0.264 e. The molecule has 0 N–H and O–H groups in total. The van der Waals surface area contributed by atoms with Crippen molar-refractivity contribution in [1.82, 2.24) is 4.90 Å². The van der Waals surface area contributed by atoms with Gasteiger partial charge >= 0.3 is 0 Å². The second-order valence-electron chi connectivity index (χ2n) is 6.64.